The van der Waals surface area contributed by atoms with Gasteiger partial charge < -0.3 is 9.47 Å². The van der Waals surface area contributed by atoms with E-state index < -0.39 is 30.4 Å². The fourth-order valence-electron chi connectivity index (χ4n) is 2.56. The number of nitrogens with zero attached hydrogens (tertiary/aromatic N) is 1. The molecule has 3 rings (SSSR count). The molecule has 140 valence electrons. The van der Waals surface area contributed by atoms with Crippen molar-refractivity contribution in [3.8, 4) is 0 Å². The first-order valence-corrected chi connectivity index (χ1v) is 8.58. The summed E-state index contributed by atoms with van der Waals surface area (Å²) in [6, 6.07) is 21.4. The molecule has 1 heterocycles. The Morgan fingerprint density at radius 1 is 0.786 bits per heavy atom. The number of carbonyl (C=O) groups is 3. The van der Waals surface area contributed by atoms with Crippen molar-refractivity contribution in [2.75, 3.05) is 0 Å². The van der Waals surface area contributed by atoms with Crippen molar-refractivity contribution in [2.45, 2.75) is 12.5 Å². The van der Waals surface area contributed by atoms with E-state index in [1.807, 2.05) is 60.7 Å². The Hall–Kier alpha value is -3.80. The van der Waals surface area contributed by atoms with Gasteiger partial charge in [0.05, 0.1) is 5.56 Å². The van der Waals surface area contributed by atoms with Crippen LogP contribution < -0.4 is 0 Å². The highest BCUT2D eigenvalue weighted by molar-refractivity contribution is 6.01. The molecule has 3 aromatic rings. The van der Waals surface area contributed by atoms with Gasteiger partial charge in [-0.25, -0.2) is 4.79 Å². The summed E-state index contributed by atoms with van der Waals surface area (Å²) in [6.45, 7) is 0. The summed E-state index contributed by atoms with van der Waals surface area (Å²) >= 11 is 0. The maximum absolute atomic E-state index is 12.3. The maximum Gasteiger partial charge on any atom is 0.347 e. The zero-order valence-electron chi connectivity index (χ0n) is 14.9. The van der Waals surface area contributed by atoms with Gasteiger partial charge in [0, 0.05) is 12.4 Å². The first-order valence-electron chi connectivity index (χ1n) is 8.58. The van der Waals surface area contributed by atoms with Crippen molar-refractivity contribution >= 4 is 17.9 Å². The van der Waals surface area contributed by atoms with Crippen molar-refractivity contribution in [1.82, 2.24) is 4.98 Å². The fraction of sp³-hybridized carbons (Fsp3) is 0.0909. The second kappa shape index (κ2) is 9.23. The highest BCUT2D eigenvalue weighted by atomic mass is 16.6. The van der Waals surface area contributed by atoms with E-state index in [1.165, 1.54) is 18.5 Å². The summed E-state index contributed by atoms with van der Waals surface area (Å²) in [5, 5.41) is 0. The van der Waals surface area contributed by atoms with Gasteiger partial charge in [-0.3, -0.25) is 14.6 Å². The molecular formula is C22H17NO5. The molecule has 0 radical (unpaired) electrons. The molecule has 28 heavy (non-hydrogen) atoms. The van der Waals surface area contributed by atoms with Crippen LogP contribution in [0.1, 0.15) is 34.0 Å². The summed E-state index contributed by atoms with van der Waals surface area (Å²) in [4.78, 5) is 39.9. The third-order valence-electron chi connectivity index (χ3n) is 3.85. The van der Waals surface area contributed by atoms with Gasteiger partial charge in [-0.05, 0) is 23.3 Å². The number of esters is 3. The van der Waals surface area contributed by atoms with E-state index in [4.69, 9.17) is 4.74 Å². The molecule has 0 aliphatic carbocycles. The monoisotopic (exact) mass is 375 g/mol. The molecule has 0 spiro atoms. The molecule has 0 saturated heterocycles. The largest absolute Gasteiger partial charge is 0.452 e. The summed E-state index contributed by atoms with van der Waals surface area (Å²) in [6.07, 6.45) is 1.41. The number of aromatic nitrogens is 1. The SMILES string of the molecule is O=C(CC(=O)OC(c1ccccc1)c1ccccc1)OC(=O)c1cccnc1. The lowest BCUT2D eigenvalue weighted by atomic mass is 10.0. The molecule has 0 amide bonds. The molecule has 6 nitrogen and oxygen atoms in total. The van der Waals surface area contributed by atoms with Gasteiger partial charge in [0.15, 0.2) is 6.10 Å². The smallest absolute Gasteiger partial charge is 0.347 e. The van der Waals surface area contributed by atoms with Crippen LogP contribution in [0.5, 0.6) is 0 Å². The van der Waals surface area contributed by atoms with E-state index in [0.717, 1.165) is 11.1 Å². The zero-order chi connectivity index (χ0) is 19.8. The molecule has 1 aromatic heterocycles. The van der Waals surface area contributed by atoms with Crippen LogP contribution in [0.4, 0.5) is 0 Å². The van der Waals surface area contributed by atoms with Crippen molar-refractivity contribution in [1.29, 1.82) is 0 Å². The highest BCUT2D eigenvalue weighted by Gasteiger charge is 2.22. The van der Waals surface area contributed by atoms with Gasteiger partial charge in [-0.1, -0.05) is 60.7 Å². The standard InChI is InChI=1S/C22H17NO5/c24-19(14-20(25)28-22(26)18-12-7-13-23-15-18)27-21(16-8-3-1-4-9-16)17-10-5-2-6-11-17/h1-13,15,21H,14H2. The minimum Gasteiger partial charge on any atom is -0.452 e. The summed E-state index contributed by atoms with van der Waals surface area (Å²) in [5.41, 5.74) is 1.65. The Balaban J connectivity index is 1.65. The van der Waals surface area contributed by atoms with E-state index in [9.17, 15) is 14.4 Å². The minimum atomic E-state index is -0.987. The zero-order valence-corrected chi connectivity index (χ0v) is 14.9. The quantitative estimate of drug-likeness (QED) is 0.484. The lowest BCUT2D eigenvalue weighted by Crippen LogP contribution is -2.20. The van der Waals surface area contributed by atoms with Crippen LogP contribution in [0.15, 0.2) is 85.2 Å². The van der Waals surface area contributed by atoms with E-state index >= 15 is 0 Å². The van der Waals surface area contributed by atoms with E-state index in [2.05, 4.69) is 9.72 Å². The van der Waals surface area contributed by atoms with Crippen LogP contribution >= 0.6 is 0 Å². The van der Waals surface area contributed by atoms with Gasteiger partial charge in [0.1, 0.15) is 6.42 Å². The first kappa shape index (κ1) is 19.0. The predicted octanol–water partition coefficient (Wildman–Crippen LogP) is 3.49. The normalized spacial score (nSPS) is 10.3. The lowest BCUT2D eigenvalue weighted by Gasteiger charge is -2.18. The van der Waals surface area contributed by atoms with Crippen LogP contribution in [0.3, 0.4) is 0 Å². The number of hydrogen-bond acceptors (Lipinski definition) is 6. The molecule has 0 fully saturated rings. The molecule has 0 unspecified atom stereocenters. The van der Waals surface area contributed by atoms with Crippen LogP contribution in [-0.4, -0.2) is 22.9 Å². The van der Waals surface area contributed by atoms with E-state index in [-0.39, 0.29) is 5.56 Å². The molecule has 0 N–H and O–H groups in total. The number of rotatable bonds is 6. The average molecular weight is 375 g/mol. The number of carbonyl (C=O) groups excluding carboxylic acids is 3. The second-order valence-electron chi connectivity index (χ2n) is 5.87. The molecule has 0 saturated carbocycles. The highest BCUT2D eigenvalue weighted by Crippen LogP contribution is 2.26. The second-order valence-corrected chi connectivity index (χ2v) is 5.87. The summed E-state index contributed by atoms with van der Waals surface area (Å²) < 4.78 is 10.2. The Kier molecular flexibility index (Phi) is 6.25. The van der Waals surface area contributed by atoms with Crippen molar-refractivity contribution in [3.63, 3.8) is 0 Å². The van der Waals surface area contributed by atoms with Crippen molar-refractivity contribution in [2.24, 2.45) is 0 Å². The van der Waals surface area contributed by atoms with Crippen LogP contribution in [0.25, 0.3) is 0 Å². The third kappa shape index (κ3) is 5.11. The summed E-state index contributed by atoms with van der Waals surface area (Å²) in [5.74, 6) is -2.64. The predicted molar refractivity (Wildman–Crippen MR) is 100 cm³/mol. The Bertz CT molecular complexity index is 903. The third-order valence-corrected chi connectivity index (χ3v) is 3.85. The van der Waals surface area contributed by atoms with Gasteiger partial charge in [0.2, 0.25) is 0 Å². The topological polar surface area (TPSA) is 82.6 Å². The Morgan fingerprint density at radius 3 is 1.93 bits per heavy atom. The average Bonchev–Trinajstić information content (AvgIpc) is 2.74. The number of hydrogen-bond donors (Lipinski definition) is 0. The van der Waals surface area contributed by atoms with Crippen molar-refractivity contribution < 1.29 is 23.9 Å². The molecule has 2 aromatic carbocycles. The van der Waals surface area contributed by atoms with E-state index in [0.29, 0.717) is 0 Å². The van der Waals surface area contributed by atoms with Crippen molar-refractivity contribution in [3.05, 3.63) is 102 Å². The summed E-state index contributed by atoms with van der Waals surface area (Å²) in [7, 11) is 0. The molecule has 0 atom stereocenters. The molecule has 0 aliphatic rings. The fourth-order valence-corrected chi connectivity index (χ4v) is 2.56. The lowest BCUT2D eigenvalue weighted by molar-refractivity contribution is -0.154. The van der Waals surface area contributed by atoms with Gasteiger partial charge in [-0.2, -0.15) is 0 Å². The Morgan fingerprint density at radius 2 is 1.39 bits per heavy atom. The molecule has 0 bridgehead atoms. The molecular weight excluding hydrogens is 358 g/mol. The minimum absolute atomic E-state index is 0.121. The Labute approximate surface area is 161 Å². The molecule has 6 heteroatoms. The number of benzene rings is 2. The maximum atomic E-state index is 12.3. The van der Waals surface area contributed by atoms with Crippen LogP contribution in [-0.2, 0) is 19.1 Å². The van der Waals surface area contributed by atoms with Gasteiger partial charge in [-0.15, -0.1) is 0 Å². The molecule has 0 aliphatic heterocycles. The van der Waals surface area contributed by atoms with Crippen LogP contribution in [0.2, 0.25) is 0 Å². The number of pyridine rings is 1. The number of ether oxygens (including phenoxy) is 2. The van der Waals surface area contributed by atoms with Gasteiger partial charge >= 0.3 is 17.9 Å². The van der Waals surface area contributed by atoms with Crippen LogP contribution in [0, 0.1) is 0 Å². The van der Waals surface area contributed by atoms with E-state index in [1.54, 1.807) is 6.07 Å². The first-order chi connectivity index (χ1) is 13.6. The van der Waals surface area contributed by atoms with Gasteiger partial charge in [0.25, 0.3) is 0 Å².